The van der Waals surface area contributed by atoms with Crippen molar-refractivity contribution in [2.24, 2.45) is 50.2 Å². The highest BCUT2D eigenvalue weighted by Gasteiger charge is 2.71. The normalized spacial score (nSPS) is 57.1. The molecule has 16 atom stereocenters. The third-order valence-electron chi connectivity index (χ3n) is 15.3. The molecule has 0 aromatic rings. The summed E-state index contributed by atoms with van der Waals surface area (Å²) >= 11 is 0. The molecule has 4 saturated carbocycles. The number of hydrogen-bond donors (Lipinski definition) is 7. The minimum absolute atomic E-state index is 0.118. The Morgan fingerprint density at radius 1 is 0.800 bits per heavy atom. The lowest BCUT2D eigenvalue weighted by Crippen LogP contribution is -2.70. The van der Waals surface area contributed by atoms with Crippen LogP contribution in [0.1, 0.15) is 100 Å². The summed E-state index contributed by atoms with van der Waals surface area (Å²) in [6.07, 6.45) is -1.22. The number of aliphatic hydroxyl groups is 7. The maximum absolute atomic E-state index is 12.3. The molecule has 16 unspecified atom stereocenters. The summed E-state index contributed by atoms with van der Waals surface area (Å²) in [6.45, 7) is 17.2. The van der Waals surface area contributed by atoms with Crippen LogP contribution in [0.4, 0.5) is 0 Å². The Labute approximate surface area is 269 Å². The average Bonchev–Trinajstić information content (AvgIpc) is 2.92. The molecule has 258 valence electrons. The summed E-state index contributed by atoms with van der Waals surface area (Å²) in [6, 6.07) is 0. The number of ether oxygens (including phenoxy) is 2. The lowest BCUT2D eigenvalue weighted by molar-refractivity contribution is -0.334. The highest BCUT2D eigenvalue weighted by Crippen LogP contribution is 2.75. The molecule has 0 aromatic carbocycles. The molecule has 0 bridgehead atoms. The van der Waals surface area contributed by atoms with Gasteiger partial charge in [0.05, 0.1) is 31.0 Å². The maximum Gasteiger partial charge on any atom is 0.186 e. The molecule has 9 nitrogen and oxygen atoms in total. The van der Waals surface area contributed by atoms with E-state index in [2.05, 4.69) is 61.5 Å². The summed E-state index contributed by atoms with van der Waals surface area (Å²) < 4.78 is 12.1. The van der Waals surface area contributed by atoms with Crippen LogP contribution in [-0.4, -0.2) is 97.5 Å². The molecule has 1 saturated heterocycles. The van der Waals surface area contributed by atoms with Crippen LogP contribution >= 0.6 is 0 Å². The van der Waals surface area contributed by atoms with Crippen LogP contribution < -0.4 is 0 Å². The van der Waals surface area contributed by atoms with Crippen molar-refractivity contribution >= 4 is 0 Å². The van der Waals surface area contributed by atoms with Gasteiger partial charge in [0.1, 0.15) is 24.4 Å². The second-order valence-electron chi connectivity index (χ2n) is 18.3. The van der Waals surface area contributed by atoms with Crippen LogP contribution in [0.3, 0.4) is 0 Å². The van der Waals surface area contributed by atoms with Gasteiger partial charge >= 0.3 is 0 Å². The first kappa shape index (κ1) is 34.3. The minimum atomic E-state index is -1.51. The van der Waals surface area contributed by atoms with Gasteiger partial charge in [-0.3, -0.25) is 0 Å². The molecule has 5 fully saturated rings. The van der Waals surface area contributed by atoms with E-state index >= 15 is 0 Å². The Bertz CT molecular complexity index is 1190. The van der Waals surface area contributed by atoms with Gasteiger partial charge in [-0.15, -0.1) is 0 Å². The highest BCUT2D eigenvalue weighted by atomic mass is 16.7. The third-order valence-corrected chi connectivity index (χ3v) is 15.3. The molecule has 0 aromatic heterocycles. The van der Waals surface area contributed by atoms with Crippen LogP contribution in [0.15, 0.2) is 11.6 Å². The van der Waals surface area contributed by atoms with Crippen molar-refractivity contribution in [2.75, 3.05) is 6.61 Å². The van der Waals surface area contributed by atoms with Gasteiger partial charge in [-0.05, 0) is 89.8 Å². The first-order valence-electron chi connectivity index (χ1n) is 17.4. The van der Waals surface area contributed by atoms with Gasteiger partial charge in [-0.25, -0.2) is 0 Å². The van der Waals surface area contributed by atoms with Crippen molar-refractivity contribution in [3.8, 4) is 0 Å². The van der Waals surface area contributed by atoms with E-state index < -0.39 is 67.1 Å². The SMILES string of the molecule is CC1(C)CC2C3=CCC4C5(C)CCC(OC6OC(CO)C(O)C(O)C6O)C(C)(C)C5C(O)CC4(C)C3(C)CC(O)C2(C)CC1O. The van der Waals surface area contributed by atoms with Crippen molar-refractivity contribution in [1.29, 1.82) is 0 Å². The van der Waals surface area contributed by atoms with Crippen molar-refractivity contribution in [2.45, 2.75) is 155 Å². The fraction of sp³-hybridized carbons (Fsp3) is 0.944. The Kier molecular flexibility index (Phi) is 8.13. The summed E-state index contributed by atoms with van der Waals surface area (Å²) in [5.41, 5.74) is -0.526. The molecule has 7 N–H and O–H groups in total. The first-order valence-corrected chi connectivity index (χ1v) is 17.4. The van der Waals surface area contributed by atoms with Gasteiger partial charge in [0, 0.05) is 5.41 Å². The molecule has 1 aliphatic heterocycles. The van der Waals surface area contributed by atoms with E-state index in [0.717, 1.165) is 19.3 Å². The van der Waals surface area contributed by atoms with Crippen LogP contribution in [0.2, 0.25) is 0 Å². The lowest BCUT2D eigenvalue weighted by atomic mass is 9.33. The quantitative estimate of drug-likeness (QED) is 0.183. The number of allylic oxidation sites excluding steroid dienone is 2. The van der Waals surface area contributed by atoms with Crippen molar-refractivity contribution in [1.82, 2.24) is 0 Å². The molecule has 0 radical (unpaired) electrons. The fourth-order valence-corrected chi connectivity index (χ4v) is 12.4. The second-order valence-corrected chi connectivity index (χ2v) is 18.3. The topological polar surface area (TPSA) is 160 Å². The largest absolute Gasteiger partial charge is 0.394 e. The highest BCUT2D eigenvalue weighted by molar-refractivity contribution is 5.35. The van der Waals surface area contributed by atoms with E-state index in [4.69, 9.17) is 9.47 Å². The molecule has 5 aliphatic carbocycles. The molecular weight excluding hydrogens is 576 g/mol. The molecule has 6 rings (SSSR count). The average molecular weight is 637 g/mol. The molecule has 9 heteroatoms. The van der Waals surface area contributed by atoms with Gasteiger partial charge < -0.3 is 45.2 Å². The van der Waals surface area contributed by atoms with Crippen LogP contribution in [0.5, 0.6) is 0 Å². The lowest BCUT2D eigenvalue weighted by Gasteiger charge is -2.73. The standard InChI is InChI=1S/C36H60O9/c1-31(2)13-19-18-9-10-22-33(5)12-11-25(45-30-28(43)27(42)26(41)21(17-37)44-30)32(3,4)29(33)20(38)14-36(22,8)35(18,7)16-24(40)34(19,6)15-23(31)39/h9,19-30,37-43H,10-17H2,1-8H3. The number of rotatable bonds is 3. The Morgan fingerprint density at radius 3 is 2.11 bits per heavy atom. The van der Waals surface area contributed by atoms with Crippen LogP contribution in [0.25, 0.3) is 0 Å². The van der Waals surface area contributed by atoms with Crippen LogP contribution in [-0.2, 0) is 9.47 Å². The van der Waals surface area contributed by atoms with Gasteiger partial charge in [0.15, 0.2) is 6.29 Å². The zero-order chi connectivity index (χ0) is 33.3. The molecule has 0 spiro atoms. The maximum atomic E-state index is 12.3. The van der Waals surface area contributed by atoms with Crippen molar-refractivity contribution in [3.05, 3.63) is 11.6 Å². The van der Waals surface area contributed by atoms with Gasteiger partial charge in [-0.1, -0.05) is 67.0 Å². The predicted molar refractivity (Wildman–Crippen MR) is 168 cm³/mol. The minimum Gasteiger partial charge on any atom is -0.394 e. The zero-order valence-electron chi connectivity index (χ0n) is 28.6. The summed E-state index contributed by atoms with van der Waals surface area (Å²) in [5.74, 6) is 0.315. The molecular formula is C36H60O9. The monoisotopic (exact) mass is 636 g/mol. The Morgan fingerprint density at radius 2 is 1.47 bits per heavy atom. The van der Waals surface area contributed by atoms with Gasteiger partial charge in [0.2, 0.25) is 0 Å². The predicted octanol–water partition coefficient (Wildman–Crippen LogP) is 2.91. The van der Waals surface area contributed by atoms with Gasteiger partial charge in [-0.2, -0.15) is 0 Å². The van der Waals surface area contributed by atoms with Crippen molar-refractivity contribution in [3.63, 3.8) is 0 Å². The van der Waals surface area contributed by atoms with E-state index in [9.17, 15) is 35.7 Å². The van der Waals surface area contributed by atoms with Crippen molar-refractivity contribution < 1.29 is 45.2 Å². The van der Waals surface area contributed by atoms with E-state index in [1.807, 2.05) is 0 Å². The van der Waals surface area contributed by atoms with E-state index in [-0.39, 0.29) is 44.8 Å². The molecule has 0 amide bonds. The number of aliphatic hydroxyl groups excluding tert-OH is 7. The summed E-state index contributed by atoms with van der Waals surface area (Å²) in [4.78, 5) is 0. The van der Waals surface area contributed by atoms with E-state index in [1.54, 1.807) is 0 Å². The molecule has 45 heavy (non-hydrogen) atoms. The number of fused-ring (bicyclic) bond motifs is 7. The zero-order valence-corrected chi connectivity index (χ0v) is 28.6. The molecule has 1 heterocycles. The van der Waals surface area contributed by atoms with Crippen LogP contribution in [0, 0.1) is 50.2 Å². The Balaban J connectivity index is 1.32. The fourth-order valence-electron chi connectivity index (χ4n) is 12.4. The second kappa shape index (κ2) is 10.7. The number of hydrogen-bond acceptors (Lipinski definition) is 9. The Hall–Kier alpha value is -0.620. The molecule has 6 aliphatic rings. The summed E-state index contributed by atoms with van der Waals surface area (Å²) in [5, 5.41) is 76.3. The first-order chi connectivity index (χ1) is 20.7. The smallest absolute Gasteiger partial charge is 0.186 e. The third kappa shape index (κ3) is 4.58. The van der Waals surface area contributed by atoms with E-state index in [0.29, 0.717) is 25.7 Å². The summed E-state index contributed by atoms with van der Waals surface area (Å²) in [7, 11) is 0. The van der Waals surface area contributed by atoms with E-state index in [1.165, 1.54) is 5.57 Å². The van der Waals surface area contributed by atoms with Gasteiger partial charge in [0.25, 0.3) is 0 Å².